The zero-order chi connectivity index (χ0) is 17.3. The maximum atomic E-state index is 12.7. The molecule has 0 saturated heterocycles. The van der Waals surface area contributed by atoms with E-state index in [4.69, 9.17) is 18.9 Å². The molecule has 0 radical (unpaired) electrons. The molecule has 0 amide bonds. The Morgan fingerprint density at radius 3 is 2.42 bits per heavy atom. The Hall–Kier alpha value is -2.51. The molecule has 0 spiro atoms. The standard InChI is InChI=1S/C17H17BO6/c1-21-12-9-13-15(14(10-12)22-2)17(16(19)23-3,24-18(13)20)11-7-5-4-6-8-11/h4-10,20H,1-3H3. The lowest BCUT2D eigenvalue weighted by Crippen LogP contribution is -2.40. The second kappa shape index (κ2) is 6.18. The van der Waals surface area contributed by atoms with Crippen LogP contribution in [0.25, 0.3) is 0 Å². The minimum absolute atomic E-state index is 0.371. The first-order valence-corrected chi connectivity index (χ1v) is 7.34. The van der Waals surface area contributed by atoms with E-state index in [9.17, 15) is 9.82 Å². The van der Waals surface area contributed by atoms with Gasteiger partial charge in [0.1, 0.15) is 11.5 Å². The predicted molar refractivity (Wildman–Crippen MR) is 87.5 cm³/mol. The molecule has 2 aromatic rings. The summed E-state index contributed by atoms with van der Waals surface area (Å²) in [6.07, 6.45) is 0. The Morgan fingerprint density at radius 2 is 1.83 bits per heavy atom. The number of hydrogen-bond donors (Lipinski definition) is 1. The van der Waals surface area contributed by atoms with Gasteiger partial charge in [-0.05, 0) is 17.1 Å². The first kappa shape index (κ1) is 16.4. The summed E-state index contributed by atoms with van der Waals surface area (Å²) in [5.41, 5.74) is -0.252. The number of rotatable bonds is 4. The maximum absolute atomic E-state index is 12.7. The number of benzene rings is 2. The zero-order valence-corrected chi connectivity index (χ0v) is 13.6. The summed E-state index contributed by atoms with van der Waals surface area (Å²) in [5, 5.41) is 10.4. The molecule has 0 aromatic heterocycles. The van der Waals surface area contributed by atoms with Gasteiger partial charge in [-0.3, -0.25) is 0 Å². The average Bonchev–Trinajstić information content (AvgIpc) is 2.94. The number of fused-ring (bicyclic) bond motifs is 1. The van der Waals surface area contributed by atoms with Crippen molar-refractivity contribution < 1.29 is 28.7 Å². The topological polar surface area (TPSA) is 74.2 Å². The quantitative estimate of drug-likeness (QED) is 0.662. The van der Waals surface area contributed by atoms with Crippen molar-refractivity contribution in [1.29, 1.82) is 0 Å². The van der Waals surface area contributed by atoms with Crippen LogP contribution in [0.4, 0.5) is 0 Å². The first-order chi connectivity index (χ1) is 11.6. The monoisotopic (exact) mass is 328 g/mol. The third-order valence-corrected chi connectivity index (χ3v) is 4.12. The van der Waals surface area contributed by atoms with Crippen molar-refractivity contribution in [2.24, 2.45) is 0 Å². The molecule has 0 fully saturated rings. The highest BCUT2D eigenvalue weighted by atomic mass is 16.6. The van der Waals surface area contributed by atoms with Gasteiger partial charge in [-0.15, -0.1) is 0 Å². The summed E-state index contributed by atoms with van der Waals surface area (Å²) in [7, 11) is 2.95. The van der Waals surface area contributed by atoms with Crippen molar-refractivity contribution in [3.8, 4) is 11.5 Å². The van der Waals surface area contributed by atoms with Crippen molar-refractivity contribution >= 4 is 18.6 Å². The van der Waals surface area contributed by atoms with Crippen LogP contribution >= 0.6 is 0 Å². The summed E-state index contributed by atoms with van der Waals surface area (Å²) in [5.74, 6) is 0.215. The van der Waals surface area contributed by atoms with E-state index in [1.165, 1.54) is 21.3 Å². The van der Waals surface area contributed by atoms with Gasteiger partial charge in [0.05, 0.1) is 21.3 Å². The molecular weight excluding hydrogens is 311 g/mol. The fourth-order valence-corrected chi connectivity index (χ4v) is 3.05. The smallest absolute Gasteiger partial charge is 0.493 e. The molecule has 7 heteroatoms. The van der Waals surface area contributed by atoms with Crippen molar-refractivity contribution in [2.75, 3.05) is 21.3 Å². The van der Waals surface area contributed by atoms with Gasteiger partial charge in [0.25, 0.3) is 0 Å². The Bertz CT molecular complexity index is 763. The molecule has 124 valence electrons. The molecule has 1 aliphatic rings. The van der Waals surface area contributed by atoms with Crippen LogP contribution in [0.5, 0.6) is 11.5 Å². The van der Waals surface area contributed by atoms with Gasteiger partial charge in [-0.1, -0.05) is 30.3 Å². The number of hydrogen-bond acceptors (Lipinski definition) is 6. The molecule has 0 bridgehead atoms. The van der Waals surface area contributed by atoms with Gasteiger partial charge in [-0.25, -0.2) is 4.79 Å². The molecule has 1 aliphatic heterocycles. The lowest BCUT2D eigenvalue weighted by atomic mass is 9.76. The van der Waals surface area contributed by atoms with Crippen LogP contribution in [0.2, 0.25) is 0 Å². The summed E-state index contributed by atoms with van der Waals surface area (Å²) in [6, 6.07) is 12.1. The summed E-state index contributed by atoms with van der Waals surface area (Å²) in [4.78, 5) is 12.7. The Labute approximate surface area is 140 Å². The normalized spacial score (nSPS) is 18.9. The van der Waals surface area contributed by atoms with E-state index >= 15 is 0 Å². The van der Waals surface area contributed by atoms with Crippen LogP contribution < -0.4 is 14.9 Å². The number of ether oxygens (including phenoxy) is 3. The highest BCUT2D eigenvalue weighted by molar-refractivity contribution is 6.62. The molecule has 1 unspecified atom stereocenters. The van der Waals surface area contributed by atoms with Gasteiger partial charge >= 0.3 is 13.1 Å². The lowest BCUT2D eigenvalue weighted by molar-refractivity contribution is -0.156. The Balaban J connectivity index is 2.34. The van der Waals surface area contributed by atoms with Crippen molar-refractivity contribution in [3.05, 3.63) is 53.6 Å². The van der Waals surface area contributed by atoms with Gasteiger partial charge in [0, 0.05) is 11.6 Å². The van der Waals surface area contributed by atoms with Crippen LogP contribution in [0.1, 0.15) is 11.1 Å². The van der Waals surface area contributed by atoms with E-state index in [0.717, 1.165) is 0 Å². The van der Waals surface area contributed by atoms with Gasteiger partial charge < -0.3 is 23.9 Å². The van der Waals surface area contributed by atoms with Crippen molar-refractivity contribution in [3.63, 3.8) is 0 Å². The molecule has 1 N–H and O–H groups in total. The van der Waals surface area contributed by atoms with Gasteiger partial charge in [0.2, 0.25) is 5.60 Å². The fourth-order valence-electron chi connectivity index (χ4n) is 3.05. The highest BCUT2D eigenvalue weighted by Crippen LogP contribution is 2.44. The Morgan fingerprint density at radius 1 is 1.12 bits per heavy atom. The number of carbonyl (C=O) groups is 1. The largest absolute Gasteiger partial charge is 0.497 e. The lowest BCUT2D eigenvalue weighted by Gasteiger charge is -2.29. The molecule has 1 atom stereocenters. The van der Waals surface area contributed by atoms with Crippen LogP contribution in [-0.2, 0) is 19.8 Å². The molecule has 24 heavy (non-hydrogen) atoms. The third kappa shape index (κ3) is 2.25. The van der Waals surface area contributed by atoms with Crippen LogP contribution in [0.15, 0.2) is 42.5 Å². The fraction of sp³-hybridized carbons (Fsp3) is 0.235. The third-order valence-electron chi connectivity index (χ3n) is 4.12. The van der Waals surface area contributed by atoms with E-state index in [1.54, 1.807) is 36.4 Å². The highest BCUT2D eigenvalue weighted by Gasteiger charge is 2.56. The molecule has 3 rings (SSSR count). The molecule has 2 aromatic carbocycles. The second-order valence-electron chi connectivity index (χ2n) is 5.30. The zero-order valence-electron chi connectivity index (χ0n) is 13.6. The minimum Gasteiger partial charge on any atom is -0.497 e. The van der Waals surface area contributed by atoms with E-state index in [-0.39, 0.29) is 0 Å². The SMILES string of the molecule is COC(=O)C1(c2ccccc2)OB(O)c2cc(OC)cc(OC)c21. The predicted octanol–water partition coefficient (Wildman–Crippen LogP) is 0.838. The van der Waals surface area contributed by atoms with Crippen LogP contribution in [0, 0.1) is 0 Å². The van der Waals surface area contributed by atoms with Gasteiger partial charge in [0.15, 0.2) is 0 Å². The molecule has 6 nitrogen and oxygen atoms in total. The van der Waals surface area contributed by atoms with E-state index < -0.39 is 18.7 Å². The first-order valence-electron chi connectivity index (χ1n) is 7.34. The minimum atomic E-state index is -1.61. The molecule has 0 aliphatic carbocycles. The summed E-state index contributed by atoms with van der Waals surface area (Å²) >= 11 is 0. The molecule has 0 saturated carbocycles. The number of carbonyl (C=O) groups excluding carboxylic acids is 1. The molecule has 1 heterocycles. The van der Waals surface area contributed by atoms with Crippen molar-refractivity contribution in [1.82, 2.24) is 0 Å². The van der Waals surface area contributed by atoms with Crippen LogP contribution in [-0.4, -0.2) is 39.4 Å². The number of methoxy groups -OCH3 is 3. The van der Waals surface area contributed by atoms with E-state index in [0.29, 0.717) is 28.1 Å². The maximum Gasteiger partial charge on any atom is 0.493 e. The molecular formula is C17H17BO6. The summed E-state index contributed by atoms with van der Waals surface area (Å²) < 4.78 is 21.4. The average molecular weight is 328 g/mol. The summed E-state index contributed by atoms with van der Waals surface area (Å²) in [6.45, 7) is 0. The van der Waals surface area contributed by atoms with Gasteiger partial charge in [-0.2, -0.15) is 0 Å². The van der Waals surface area contributed by atoms with E-state index in [1.807, 2.05) is 6.07 Å². The Kier molecular flexibility index (Phi) is 4.21. The van der Waals surface area contributed by atoms with Crippen molar-refractivity contribution in [2.45, 2.75) is 5.60 Å². The second-order valence-corrected chi connectivity index (χ2v) is 5.30. The van der Waals surface area contributed by atoms with E-state index in [2.05, 4.69) is 0 Å². The number of esters is 1. The van der Waals surface area contributed by atoms with Crippen LogP contribution in [0.3, 0.4) is 0 Å².